The van der Waals surface area contributed by atoms with E-state index in [1.54, 1.807) is 31.2 Å². The van der Waals surface area contributed by atoms with Crippen molar-refractivity contribution < 1.29 is 13.2 Å². The first-order valence-corrected chi connectivity index (χ1v) is 7.16. The van der Waals surface area contributed by atoms with Crippen molar-refractivity contribution in [2.45, 2.75) is 18.2 Å². The van der Waals surface area contributed by atoms with Gasteiger partial charge in [0.25, 0.3) is 15.2 Å². The zero-order valence-electron chi connectivity index (χ0n) is 9.87. The van der Waals surface area contributed by atoms with E-state index in [0.717, 1.165) is 0 Å². The molecule has 7 nitrogen and oxygen atoms in total. The molecule has 1 heterocycles. The number of nitrogens with two attached hydrogens (primary N) is 1. The van der Waals surface area contributed by atoms with Gasteiger partial charge in [0.15, 0.2) is 11.9 Å². The summed E-state index contributed by atoms with van der Waals surface area (Å²) in [6.07, 6.45) is -0.526. The van der Waals surface area contributed by atoms with Crippen LogP contribution in [0.3, 0.4) is 0 Å². The van der Waals surface area contributed by atoms with Crippen molar-refractivity contribution in [1.82, 2.24) is 15.2 Å². The number of hydrogen-bond donors (Lipinski definition) is 2. The summed E-state index contributed by atoms with van der Waals surface area (Å²) in [5.41, 5.74) is 0. The summed E-state index contributed by atoms with van der Waals surface area (Å²) in [5.74, 6) is 0.789. The summed E-state index contributed by atoms with van der Waals surface area (Å²) < 4.78 is 27.6. The van der Waals surface area contributed by atoms with Crippen LogP contribution in [0.25, 0.3) is 0 Å². The van der Waals surface area contributed by atoms with Gasteiger partial charge in [-0.3, -0.25) is 5.10 Å². The first-order valence-electron chi connectivity index (χ1n) is 5.23. The lowest BCUT2D eigenvalue weighted by Crippen LogP contribution is -2.14. The molecule has 0 saturated carbocycles. The third kappa shape index (κ3) is 3.43. The summed E-state index contributed by atoms with van der Waals surface area (Å²) >= 11 is 5.83. The van der Waals surface area contributed by atoms with Gasteiger partial charge in [0.05, 0.1) is 0 Å². The number of sulfonamides is 1. The molecule has 2 aromatic rings. The second-order valence-corrected chi connectivity index (χ2v) is 5.66. The van der Waals surface area contributed by atoms with E-state index in [-0.39, 0.29) is 5.82 Å². The molecule has 1 atom stereocenters. The molecule has 0 aliphatic carbocycles. The molecule has 0 aliphatic heterocycles. The number of nitrogens with zero attached hydrogens (tertiary/aromatic N) is 2. The number of nitrogens with one attached hydrogen (secondary N) is 1. The topological polar surface area (TPSA) is 111 Å². The number of H-pyrrole nitrogens is 1. The van der Waals surface area contributed by atoms with E-state index in [2.05, 4.69) is 15.2 Å². The maximum Gasteiger partial charge on any atom is 0.282 e. The highest BCUT2D eigenvalue weighted by atomic mass is 35.5. The van der Waals surface area contributed by atoms with Crippen LogP contribution < -0.4 is 9.88 Å². The highest BCUT2D eigenvalue weighted by Crippen LogP contribution is 2.22. The van der Waals surface area contributed by atoms with Crippen LogP contribution in [0.1, 0.15) is 18.9 Å². The molecular weight excluding hydrogens is 292 g/mol. The molecule has 0 radical (unpaired) electrons. The number of primary sulfonamides is 1. The van der Waals surface area contributed by atoms with E-state index in [0.29, 0.717) is 10.8 Å². The van der Waals surface area contributed by atoms with Gasteiger partial charge in [-0.1, -0.05) is 17.7 Å². The van der Waals surface area contributed by atoms with Crippen molar-refractivity contribution >= 4 is 21.6 Å². The Labute approximate surface area is 114 Å². The van der Waals surface area contributed by atoms with Gasteiger partial charge in [-0.2, -0.15) is 4.98 Å². The minimum absolute atomic E-state index is 0.254. The number of hydrogen-bond acceptors (Lipinski definition) is 5. The smallest absolute Gasteiger partial charge is 0.282 e. The monoisotopic (exact) mass is 302 g/mol. The lowest BCUT2D eigenvalue weighted by atomic mass is 10.3. The molecule has 102 valence electrons. The average Bonchev–Trinajstić information content (AvgIpc) is 2.77. The van der Waals surface area contributed by atoms with Gasteiger partial charge in [0.2, 0.25) is 0 Å². The van der Waals surface area contributed by atoms with Crippen LogP contribution in [0.5, 0.6) is 5.75 Å². The molecule has 1 unspecified atom stereocenters. The summed E-state index contributed by atoms with van der Waals surface area (Å²) in [7, 11) is -3.93. The lowest BCUT2D eigenvalue weighted by molar-refractivity contribution is 0.216. The fourth-order valence-corrected chi connectivity index (χ4v) is 1.95. The highest BCUT2D eigenvalue weighted by molar-refractivity contribution is 7.89. The fourth-order valence-electron chi connectivity index (χ4n) is 1.37. The van der Waals surface area contributed by atoms with Crippen molar-refractivity contribution in [1.29, 1.82) is 0 Å². The highest BCUT2D eigenvalue weighted by Gasteiger charge is 2.18. The Hall–Kier alpha value is -1.64. The van der Waals surface area contributed by atoms with Gasteiger partial charge in [-0.25, -0.2) is 13.6 Å². The third-order valence-corrected chi connectivity index (χ3v) is 3.16. The average molecular weight is 303 g/mol. The van der Waals surface area contributed by atoms with Crippen molar-refractivity contribution in [2.24, 2.45) is 5.14 Å². The molecule has 1 aromatic carbocycles. The van der Waals surface area contributed by atoms with Crippen molar-refractivity contribution in [3.05, 3.63) is 35.1 Å². The van der Waals surface area contributed by atoms with Crippen LogP contribution in [-0.4, -0.2) is 23.6 Å². The van der Waals surface area contributed by atoms with Crippen LogP contribution >= 0.6 is 11.6 Å². The Morgan fingerprint density at radius 2 is 2.21 bits per heavy atom. The van der Waals surface area contributed by atoms with Crippen LogP contribution in [0.4, 0.5) is 0 Å². The molecule has 0 saturated heterocycles. The van der Waals surface area contributed by atoms with Gasteiger partial charge < -0.3 is 4.74 Å². The predicted octanol–water partition coefficient (Wildman–Crippen LogP) is 1.25. The Balaban J connectivity index is 2.16. The molecule has 0 bridgehead atoms. The molecule has 2 rings (SSSR count). The Morgan fingerprint density at radius 1 is 1.47 bits per heavy atom. The van der Waals surface area contributed by atoms with E-state index in [9.17, 15) is 8.42 Å². The standard InChI is InChI=1S/C10H11ClN4O3S/c1-6(18-8-4-2-3-7(11)5-8)9-13-10(15-14-9)19(12,16)17/h2-6H,1H3,(H2,12,16,17)(H,13,14,15). The van der Waals surface area contributed by atoms with Gasteiger partial charge >= 0.3 is 0 Å². The Morgan fingerprint density at radius 3 is 2.79 bits per heavy atom. The Kier molecular flexibility index (Phi) is 3.74. The van der Waals surface area contributed by atoms with Crippen LogP contribution in [-0.2, 0) is 10.0 Å². The molecule has 0 spiro atoms. The van der Waals surface area contributed by atoms with Crippen molar-refractivity contribution in [2.75, 3.05) is 0 Å². The molecule has 1 aromatic heterocycles. The number of halogens is 1. The molecule has 0 amide bonds. The summed E-state index contributed by atoms with van der Waals surface area (Å²) in [6.45, 7) is 1.69. The molecule has 9 heteroatoms. The van der Waals surface area contributed by atoms with Gasteiger partial charge in [-0.05, 0) is 25.1 Å². The molecule has 3 N–H and O–H groups in total. The number of aromatic nitrogens is 3. The molecule has 19 heavy (non-hydrogen) atoms. The normalized spacial score (nSPS) is 13.2. The minimum atomic E-state index is -3.93. The van der Waals surface area contributed by atoms with E-state index in [1.807, 2.05) is 0 Å². The van der Waals surface area contributed by atoms with Crippen LogP contribution in [0, 0.1) is 0 Å². The Bertz CT molecular complexity index is 686. The van der Waals surface area contributed by atoms with Gasteiger partial charge in [-0.15, -0.1) is 5.10 Å². The summed E-state index contributed by atoms with van der Waals surface area (Å²) in [6, 6.07) is 6.81. The second kappa shape index (κ2) is 5.16. The lowest BCUT2D eigenvalue weighted by Gasteiger charge is -2.11. The first kappa shape index (κ1) is 13.8. The van der Waals surface area contributed by atoms with Crippen LogP contribution in [0.15, 0.2) is 29.4 Å². The van der Waals surface area contributed by atoms with E-state index in [1.165, 1.54) is 0 Å². The predicted molar refractivity (Wildman–Crippen MR) is 68.3 cm³/mol. The maximum absolute atomic E-state index is 11.0. The quantitative estimate of drug-likeness (QED) is 0.882. The van der Waals surface area contributed by atoms with Crippen LogP contribution in [0.2, 0.25) is 5.02 Å². The zero-order valence-corrected chi connectivity index (χ0v) is 11.4. The minimum Gasteiger partial charge on any atom is -0.483 e. The maximum atomic E-state index is 11.0. The molecular formula is C10H11ClN4O3S. The summed E-state index contributed by atoms with van der Waals surface area (Å²) in [5, 5.41) is 11.0. The van der Waals surface area contributed by atoms with E-state index in [4.69, 9.17) is 21.5 Å². The summed E-state index contributed by atoms with van der Waals surface area (Å²) in [4.78, 5) is 3.76. The second-order valence-electron chi connectivity index (χ2n) is 3.77. The number of benzene rings is 1. The van der Waals surface area contributed by atoms with Gasteiger partial charge in [0, 0.05) is 5.02 Å². The SMILES string of the molecule is CC(Oc1cccc(Cl)c1)c1nc(S(N)(=O)=O)n[nH]1. The number of aromatic amines is 1. The molecule has 0 aliphatic rings. The number of rotatable bonds is 4. The number of ether oxygens (including phenoxy) is 1. The fraction of sp³-hybridized carbons (Fsp3) is 0.200. The zero-order chi connectivity index (χ0) is 14.0. The van der Waals surface area contributed by atoms with Gasteiger partial charge in [0.1, 0.15) is 5.75 Å². The molecule has 0 fully saturated rings. The largest absolute Gasteiger partial charge is 0.483 e. The van der Waals surface area contributed by atoms with E-state index < -0.39 is 21.3 Å². The van der Waals surface area contributed by atoms with Crippen molar-refractivity contribution in [3.63, 3.8) is 0 Å². The first-order chi connectivity index (χ1) is 8.86. The van der Waals surface area contributed by atoms with E-state index >= 15 is 0 Å². The third-order valence-electron chi connectivity index (χ3n) is 2.23. The van der Waals surface area contributed by atoms with Crippen molar-refractivity contribution in [3.8, 4) is 5.75 Å².